The minimum absolute atomic E-state index is 0.302. The van der Waals surface area contributed by atoms with Crippen molar-refractivity contribution >= 4 is 5.91 Å². The molecule has 0 unspecified atom stereocenters. The highest BCUT2D eigenvalue weighted by Gasteiger charge is 2.25. The molecule has 0 atom stereocenters. The van der Waals surface area contributed by atoms with E-state index in [1.165, 1.54) is 44.2 Å². The molecule has 4 rings (SSSR count). The molecule has 28 heavy (non-hydrogen) atoms. The molecule has 0 radical (unpaired) electrons. The van der Waals surface area contributed by atoms with Crippen LogP contribution in [0.5, 0.6) is 0 Å². The first-order valence-electron chi connectivity index (χ1n) is 10.2. The molecule has 2 heterocycles. The normalized spacial score (nSPS) is 19.1. The number of benzene rings is 1. The highest BCUT2D eigenvalue weighted by molar-refractivity contribution is 5.76. The average molecular weight is 386 g/mol. The summed E-state index contributed by atoms with van der Waals surface area (Å²) in [6, 6.07) is 6.25. The zero-order chi connectivity index (χ0) is 19.3. The Bertz CT molecular complexity index is 795. The van der Waals surface area contributed by atoms with Gasteiger partial charge in [0.05, 0.1) is 12.2 Å². The Labute approximate surface area is 164 Å². The second kappa shape index (κ2) is 8.77. The van der Waals surface area contributed by atoms with E-state index in [-0.39, 0.29) is 5.82 Å². The molecule has 7 nitrogen and oxygen atoms in total. The zero-order valence-corrected chi connectivity index (χ0v) is 16.1. The van der Waals surface area contributed by atoms with Gasteiger partial charge in [-0.1, -0.05) is 25.3 Å². The number of aromatic nitrogens is 4. The fraction of sp³-hybridized carbons (Fsp3) is 0.600. The number of amides is 1. The maximum absolute atomic E-state index is 13.5. The molecule has 1 saturated carbocycles. The van der Waals surface area contributed by atoms with Crippen molar-refractivity contribution in [2.45, 2.75) is 45.1 Å². The lowest BCUT2D eigenvalue weighted by molar-refractivity contribution is -0.134. The van der Waals surface area contributed by atoms with Crippen molar-refractivity contribution in [3.63, 3.8) is 0 Å². The van der Waals surface area contributed by atoms with Crippen LogP contribution in [-0.2, 0) is 11.3 Å². The van der Waals surface area contributed by atoms with Gasteiger partial charge in [-0.05, 0) is 47.4 Å². The summed E-state index contributed by atoms with van der Waals surface area (Å²) in [5.41, 5.74) is 0.612. The zero-order valence-electron chi connectivity index (χ0n) is 16.1. The Balaban J connectivity index is 1.30. The third kappa shape index (κ3) is 4.55. The molecule has 1 aliphatic heterocycles. The summed E-state index contributed by atoms with van der Waals surface area (Å²) in [4.78, 5) is 16.8. The van der Waals surface area contributed by atoms with E-state index in [1.54, 1.807) is 16.8 Å². The smallest absolute Gasteiger partial charge is 0.222 e. The summed E-state index contributed by atoms with van der Waals surface area (Å²) in [6.07, 6.45) is 6.97. The lowest BCUT2D eigenvalue weighted by Gasteiger charge is -2.35. The van der Waals surface area contributed by atoms with Gasteiger partial charge in [-0.3, -0.25) is 9.69 Å². The Morgan fingerprint density at radius 3 is 2.64 bits per heavy atom. The van der Waals surface area contributed by atoms with Crippen LogP contribution in [0.4, 0.5) is 4.39 Å². The maximum Gasteiger partial charge on any atom is 0.222 e. The lowest BCUT2D eigenvalue weighted by atomic mass is 9.86. The van der Waals surface area contributed by atoms with Crippen molar-refractivity contribution in [3.8, 4) is 5.69 Å². The maximum atomic E-state index is 13.5. The first-order chi connectivity index (χ1) is 13.7. The van der Waals surface area contributed by atoms with E-state index in [4.69, 9.17) is 0 Å². The summed E-state index contributed by atoms with van der Waals surface area (Å²) in [6.45, 7) is 3.66. The second-order valence-corrected chi connectivity index (χ2v) is 7.85. The molecule has 1 aliphatic carbocycles. The van der Waals surface area contributed by atoms with Crippen molar-refractivity contribution in [2.75, 3.05) is 26.2 Å². The fourth-order valence-corrected chi connectivity index (χ4v) is 4.24. The van der Waals surface area contributed by atoms with Gasteiger partial charge in [0.15, 0.2) is 5.82 Å². The monoisotopic (exact) mass is 386 g/mol. The number of hydrogen-bond donors (Lipinski definition) is 0. The number of carbonyl (C=O) groups is 1. The molecule has 2 fully saturated rings. The molecule has 0 N–H and O–H groups in total. The molecule has 1 amide bonds. The number of hydrogen-bond acceptors (Lipinski definition) is 5. The van der Waals surface area contributed by atoms with Gasteiger partial charge < -0.3 is 4.90 Å². The number of rotatable bonds is 5. The highest BCUT2D eigenvalue weighted by atomic mass is 19.1. The van der Waals surface area contributed by atoms with E-state index in [0.29, 0.717) is 36.3 Å². The Morgan fingerprint density at radius 2 is 1.89 bits per heavy atom. The lowest BCUT2D eigenvalue weighted by Crippen LogP contribution is -2.48. The Kier molecular flexibility index (Phi) is 5.95. The third-order valence-electron chi connectivity index (χ3n) is 5.86. The van der Waals surface area contributed by atoms with Gasteiger partial charge in [-0.25, -0.2) is 4.39 Å². The standard InChI is InChI=1S/C20H27FN6O/c21-17-7-4-8-18(14-17)27-19(22-23-24-27)15-25-9-11-26(12-10-25)20(28)13-16-5-2-1-3-6-16/h4,7-8,14,16H,1-3,5-6,9-13,15H2. The summed E-state index contributed by atoms with van der Waals surface area (Å²) >= 11 is 0. The Hall–Kier alpha value is -2.35. The molecular weight excluding hydrogens is 359 g/mol. The number of carbonyl (C=O) groups excluding carboxylic acids is 1. The summed E-state index contributed by atoms with van der Waals surface area (Å²) in [5.74, 6) is 1.24. The van der Waals surface area contributed by atoms with Crippen LogP contribution in [0.15, 0.2) is 24.3 Å². The van der Waals surface area contributed by atoms with Crippen LogP contribution >= 0.6 is 0 Å². The van der Waals surface area contributed by atoms with E-state index in [0.717, 1.165) is 26.2 Å². The number of halogens is 1. The molecule has 2 aromatic rings. The van der Waals surface area contributed by atoms with Crippen molar-refractivity contribution in [2.24, 2.45) is 5.92 Å². The first kappa shape index (κ1) is 19.0. The number of tetrazole rings is 1. The van der Waals surface area contributed by atoms with Gasteiger partial charge in [0, 0.05) is 32.6 Å². The molecular formula is C20H27FN6O. The van der Waals surface area contributed by atoms with Crippen molar-refractivity contribution < 1.29 is 9.18 Å². The molecule has 150 valence electrons. The SMILES string of the molecule is O=C(CC1CCCCC1)N1CCN(Cc2nnnn2-c2cccc(F)c2)CC1. The summed E-state index contributed by atoms with van der Waals surface area (Å²) in [7, 11) is 0. The van der Waals surface area contributed by atoms with E-state index < -0.39 is 0 Å². The fourth-order valence-electron chi connectivity index (χ4n) is 4.24. The minimum Gasteiger partial charge on any atom is -0.340 e. The molecule has 8 heteroatoms. The molecule has 0 bridgehead atoms. The van der Waals surface area contributed by atoms with E-state index in [9.17, 15) is 9.18 Å². The Morgan fingerprint density at radius 1 is 1.11 bits per heavy atom. The third-order valence-corrected chi connectivity index (χ3v) is 5.86. The number of piperazine rings is 1. The summed E-state index contributed by atoms with van der Waals surface area (Å²) in [5, 5.41) is 11.9. The van der Waals surface area contributed by atoms with Crippen molar-refractivity contribution in [1.82, 2.24) is 30.0 Å². The van der Waals surface area contributed by atoms with Crippen LogP contribution in [0.1, 0.15) is 44.3 Å². The van der Waals surface area contributed by atoms with Gasteiger partial charge in [-0.15, -0.1) is 5.10 Å². The first-order valence-corrected chi connectivity index (χ1v) is 10.2. The van der Waals surface area contributed by atoms with Gasteiger partial charge >= 0.3 is 0 Å². The van der Waals surface area contributed by atoms with Crippen LogP contribution in [0.2, 0.25) is 0 Å². The quantitative estimate of drug-likeness (QED) is 0.790. The average Bonchev–Trinajstić information content (AvgIpc) is 3.17. The highest BCUT2D eigenvalue weighted by Crippen LogP contribution is 2.27. The van der Waals surface area contributed by atoms with Crippen molar-refractivity contribution in [3.05, 3.63) is 35.9 Å². The predicted molar refractivity (Wildman–Crippen MR) is 102 cm³/mol. The van der Waals surface area contributed by atoms with E-state index in [1.807, 2.05) is 4.90 Å². The number of nitrogens with zero attached hydrogens (tertiary/aromatic N) is 6. The van der Waals surface area contributed by atoms with Crippen LogP contribution in [0, 0.1) is 11.7 Å². The van der Waals surface area contributed by atoms with Crippen LogP contribution in [0.3, 0.4) is 0 Å². The topological polar surface area (TPSA) is 67.2 Å². The predicted octanol–water partition coefficient (Wildman–Crippen LogP) is 2.42. The van der Waals surface area contributed by atoms with Crippen molar-refractivity contribution in [1.29, 1.82) is 0 Å². The second-order valence-electron chi connectivity index (χ2n) is 7.85. The summed E-state index contributed by atoms with van der Waals surface area (Å²) < 4.78 is 15.1. The molecule has 1 aromatic carbocycles. The molecule has 1 aromatic heterocycles. The molecule has 2 aliphatic rings. The van der Waals surface area contributed by atoms with Crippen LogP contribution in [0.25, 0.3) is 5.69 Å². The minimum atomic E-state index is -0.316. The van der Waals surface area contributed by atoms with Gasteiger partial charge in [0.1, 0.15) is 5.82 Å². The molecule has 0 spiro atoms. The van der Waals surface area contributed by atoms with E-state index in [2.05, 4.69) is 20.4 Å². The molecule has 1 saturated heterocycles. The van der Waals surface area contributed by atoms with Crippen LogP contribution in [-0.4, -0.2) is 62.1 Å². The largest absolute Gasteiger partial charge is 0.340 e. The van der Waals surface area contributed by atoms with E-state index >= 15 is 0 Å². The van der Waals surface area contributed by atoms with Gasteiger partial charge in [0.25, 0.3) is 0 Å². The van der Waals surface area contributed by atoms with Gasteiger partial charge in [0.2, 0.25) is 5.91 Å². The van der Waals surface area contributed by atoms with Crippen LogP contribution < -0.4 is 0 Å². The van der Waals surface area contributed by atoms with Gasteiger partial charge in [-0.2, -0.15) is 4.68 Å².